The van der Waals surface area contributed by atoms with Crippen molar-refractivity contribution in [3.63, 3.8) is 0 Å². The van der Waals surface area contributed by atoms with Gasteiger partial charge in [-0.2, -0.15) is 0 Å². The van der Waals surface area contributed by atoms with E-state index in [-0.39, 0.29) is 11.9 Å². The van der Waals surface area contributed by atoms with Gasteiger partial charge in [0.2, 0.25) is 0 Å². The summed E-state index contributed by atoms with van der Waals surface area (Å²) >= 11 is 0. The molecule has 0 spiro atoms. The van der Waals surface area contributed by atoms with E-state index < -0.39 is 6.10 Å². The zero-order chi connectivity index (χ0) is 15.4. The first-order chi connectivity index (χ1) is 9.97. The van der Waals surface area contributed by atoms with Crippen LogP contribution in [0.15, 0.2) is 42.5 Å². The highest BCUT2D eigenvalue weighted by atomic mass is 19.1. The number of rotatable bonds is 5. The molecule has 2 aromatic rings. The van der Waals surface area contributed by atoms with E-state index in [2.05, 4.69) is 36.5 Å². The molecule has 2 rings (SSSR count). The standard InChI is InChI=1S/C18H22FNO/c1-12-4-6-15(7-5-12)11-20-14(3)18(21)16-8-9-17(19)13(2)10-16/h4-10,14,18,20-21H,11H2,1-3H3. The van der Waals surface area contributed by atoms with Crippen molar-refractivity contribution in [1.82, 2.24) is 5.32 Å². The molecular weight excluding hydrogens is 265 g/mol. The molecule has 0 aliphatic heterocycles. The van der Waals surface area contributed by atoms with Crippen molar-refractivity contribution in [2.75, 3.05) is 0 Å². The predicted molar refractivity (Wildman–Crippen MR) is 83.6 cm³/mol. The third kappa shape index (κ3) is 4.13. The van der Waals surface area contributed by atoms with Gasteiger partial charge >= 0.3 is 0 Å². The highest BCUT2D eigenvalue weighted by Crippen LogP contribution is 2.20. The fourth-order valence-electron chi connectivity index (χ4n) is 2.24. The van der Waals surface area contributed by atoms with Gasteiger partial charge in [0.05, 0.1) is 6.10 Å². The van der Waals surface area contributed by atoms with Gasteiger partial charge < -0.3 is 10.4 Å². The lowest BCUT2D eigenvalue weighted by Gasteiger charge is -2.21. The summed E-state index contributed by atoms with van der Waals surface area (Å²) in [5.74, 6) is -0.244. The maximum atomic E-state index is 13.3. The summed E-state index contributed by atoms with van der Waals surface area (Å²) in [6.07, 6.45) is -0.658. The molecule has 2 aromatic carbocycles. The molecule has 0 aliphatic carbocycles. The Morgan fingerprint density at radius 1 is 1.10 bits per heavy atom. The largest absolute Gasteiger partial charge is 0.387 e. The molecule has 21 heavy (non-hydrogen) atoms. The van der Waals surface area contributed by atoms with E-state index in [0.717, 1.165) is 5.56 Å². The lowest BCUT2D eigenvalue weighted by molar-refractivity contribution is 0.135. The summed E-state index contributed by atoms with van der Waals surface area (Å²) < 4.78 is 13.3. The Morgan fingerprint density at radius 2 is 1.76 bits per heavy atom. The number of aliphatic hydroxyl groups excluding tert-OH is 1. The molecule has 2 atom stereocenters. The van der Waals surface area contributed by atoms with Crippen LogP contribution in [-0.4, -0.2) is 11.1 Å². The predicted octanol–water partition coefficient (Wildman–Crippen LogP) is 3.65. The van der Waals surface area contributed by atoms with Crippen LogP contribution >= 0.6 is 0 Å². The summed E-state index contributed by atoms with van der Waals surface area (Å²) in [6, 6.07) is 12.9. The first-order valence-electron chi connectivity index (χ1n) is 7.20. The summed E-state index contributed by atoms with van der Waals surface area (Å²) in [4.78, 5) is 0. The van der Waals surface area contributed by atoms with Crippen LogP contribution in [-0.2, 0) is 6.54 Å². The summed E-state index contributed by atoms with van der Waals surface area (Å²) in [5.41, 5.74) is 3.69. The van der Waals surface area contributed by atoms with Crippen LogP contribution in [0, 0.1) is 19.7 Å². The third-order valence-corrected chi connectivity index (χ3v) is 3.75. The second-order valence-corrected chi connectivity index (χ2v) is 5.61. The van der Waals surface area contributed by atoms with E-state index in [1.807, 2.05) is 6.92 Å². The van der Waals surface area contributed by atoms with Crippen molar-refractivity contribution in [2.24, 2.45) is 0 Å². The molecule has 0 fully saturated rings. The molecule has 2 N–H and O–H groups in total. The first kappa shape index (κ1) is 15.7. The van der Waals surface area contributed by atoms with Crippen molar-refractivity contribution in [3.05, 3.63) is 70.5 Å². The van der Waals surface area contributed by atoms with Gasteiger partial charge in [-0.3, -0.25) is 0 Å². The van der Waals surface area contributed by atoms with Crippen LogP contribution in [0.1, 0.15) is 35.3 Å². The number of benzene rings is 2. The minimum Gasteiger partial charge on any atom is -0.387 e. The monoisotopic (exact) mass is 287 g/mol. The van der Waals surface area contributed by atoms with Gasteiger partial charge in [-0.25, -0.2) is 4.39 Å². The molecule has 2 unspecified atom stereocenters. The molecule has 3 heteroatoms. The Kier molecular flexibility index (Phi) is 5.10. The highest BCUT2D eigenvalue weighted by Gasteiger charge is 2.16. The fraction of sp³-hybridized carbons (Fsp3) is 0.333. The van der Waals surface area contributed by atoms with Crippen molar-refractivity contribution in [2.45, 2.75) is 39.5 Å². The molecule has 0 amide bonds. The lowest BCUT2D eigenvalue weighted by Crippen LogP contribution is -2.31. The number of aryl methyl sites for hydroxylation is 2. The van der Waals surface area contributed by atoms with Gasteiger partial charge in [-0.1, -0.05) is 42.0 Å². The van der Waals surface area contributed by atoms with E-state index in [9.17, 15) is 9.50 Å². The SMILES string of the molecule is Cc1ccc(CNC(C)C(O)c2ccc(F)c(C)c2)cc1. The lowest BCUT2D eigenvalue weighted by atomic mass is 10.0. The van der Waals surface area contributed by atoms with Gasteiger partial charge in [0, 0.05) is 12.6 Å². The van der Waals surface area contributed by atoms with E-state index in [0.29, 0.717) is 12.1 Å². The Morgan fingerprint density at radius 3 is 2.38 bits per heavy atom. The maximum absolute atomic E-state index is 13.3. The topological polar surface area (TPSA) is 32.3 Å². The van der Waals surface area contributed by atoms with E-state index in [4.69, 9.17) is 0 Å². The highest BCUT2D eigenvalue weighted by molar-refractivity contribution is 5.26. The smallest absolute Gasteiger partial charge is 0.126 e. The van der Waals surface area contributed by atoms with Crippen LogP contribution in [0.25, 0.3) is 0 Å². The molecule has 0 bridgehead atoms. The van der Waals surface area contributed by atoms with E-state index in [1.54, 1.807) is 19.1 Å². The van der Waals surface area contributed by atoms with Gasteiger partial charge in [-0.15, -0.1) is 0 Å². The Balaban J connectivity index is 1.97. The molecule has 112 valence electrons. The second kappa shape index (κ2) is 6.83. The van der Waals surface area contributed by atoms with Crippen molar-refractivity contribution >= 4 is 0 Å². The number of aliphatic hydroxyl groups is 1. The van der Waals surface area contributed by atoms with E-state index in [1.165, 1.54) is 17.2 Å². The van der Waals surface area contributed by atoms with Crippen LogP contribution in [0.2, 0.25) is 0 Å². The van der Waals surface area contributed by atoms with Crippen LogP contribution in [0.4, 0.5) is 4.39 Å². The number of hydrogen-bond acceptors (Lipinski definition) is 2. The maximum Gasteiger partial charge on any atom is 0.126 e. The molecule has 0 heterocycles. The van der Waals surface area contributed by atoms with Gasteiger partial charge in [-0.05, 0) is 43.5 Å². The summed E-state index contributed by atoms with van der Waals surface area (Å²) in [7, 11) is 0. The second-order valence-electron chi connectivity index (χ2n) is 5.61. The van der Waals surface area contributed by atoms with E-state index >= 15 is 0 Å². The minimum absolute atomic E-state index is 0.115. The Labute approximate surface area is 125 Å². The van der Waals surface area contributed by atoms with Crippen LogP contribution in [0.5, 0.6) is 0 Å². The molecule has 0 aliphatic rings. The van der Waals surface area contributed by atoms with Gasteiger partial charge in [0.1, 0.15) is 5.82 Å². The normalized spacial score (nSPS) is 14.0. The Hall–Kier alpha value is -1.71. The van der Waals surface area contributed by atoms with Crippen molar-refractivity contribution in [3.8, 4) is 0 Å². The minimum atomic E-state index is -0.658. The molecule has 0 radical (unpaired) electrons. The number of nitrogens with one attached hydrogen (secondary N) is 1. The fourth-order valence-corrected chi connectivity index (χ4v) is 2.24. The molecule has 0 aromatic heterocycles. The van der Waals surface area contributed by atoms with Crippen LogP contribution < -0.4 is 5.32 Å². The average Bonchev–Trinajstić information content (AvgIpc) is 2.48. The summed E-state index contributed by atoms with van der Waals surface area (Å²) in [5, 5.41) is 13.6. The number of halogens is 1. The zero-order valence-electron chi connectivity index (χ0n) is 12.7. The summed E-state index contributed by atoms with van der Waals surface area (Å²) in [6.45, 7) is 6.38. The zero-order valence-corrected chi connectivity index (χ0v) is 12.7. The quantitative estimate of drug-likeness (QED) is 0.879. The molecular formula is C18H22FNO. The third-order valence-electron chi connectivity index (χ3n) is 3.75. The average molecular weight is 287 g/mol. The van der Waals surface area contributed by atoms with Gasteiger partial charge in [0.15, 0.2) is 0 Å². The first-order valence-corrected chi connectivity index (χ1v) is 7.20. The molecule has 0 saturated carbocycles. The van der Waals surface area contributed by atoms with Crippen LogP contribution in [0.3, 0.4) is 0 Å². The van der Waals surface area contributed by atoms with Crippen molar-refractivity contribution in [1.29, 1.82) is 0 Å². The number of hydrogen-bond donors (Lipinski definition) is 2. The van der Waals surface area contributed by atoms with Crippen molar-refractivity contribution < 1.29 is 9.50 Å². The molecule has 2 nitrogen and oxygen atoms in total. The Bertz CT molecular complexity index is 595. The molecule has 0 saturated heterocycles. The van der Waals surface area contributed by atoms with Gasteiger partial charge in [0.25, 0.3) is 0 Å².